The van der Waals surface area contributed by atoms with Crippen molar-refractivity contribution >= 4 is 58.0 Å². The number of hydrogen-bond acceptors (Lipinski definition) is 7. The number of carbonyl (C=O) groups is 2. The number of ether oxygens (including phenoxy) is 1. The Balaban J connectivity index is 1.34. The SMILES string of the molecule is Cc1nc2cc([C@H]3CC[C@H](C)CN3C(=O)C(=O)Nc3cncc4cnn(COCC[Si](C)(C)C)c34)ccc2s1. The van der Waals surface area contributed by atoms with Gasteiger partial charge in [0.15, 0.2) is 0 Å². The molecule has 2 atom stereocenters. The van der Waals surface area contributed by atoms with Crippen LogP contribution < -0.4 is 5.32 Å². The van der Waals surface area contributed by atoms with Crippen molar-refractivity contribution in [1.29, 1.82) is 0 Å². The molecule has 0 saturated carbocycles. The Kier molecular flexibility index (Phi) is 7.84. The summed E-state index contributed by atoms with van der Waals surface area (Å²) in [4.78, 5) is 37.6. The van der Waals surface area contributed by atoms with E-state index in [4.69, 9.17) is 4.74 Å². The zero-order valence-electron chi connectivity index (χ0n) is 23.2. The van der Waals surface area contributed by atoms with Gasteiger partial charge >= 0.3 is 11.8 Å². The van der Waals surface area contributed by atoms with Gasteiger partial charge in [-0.2, -0.15) is 5.10 Å². The van der Waals surface area contributed by atoms with Gasteiger partial charge < -0.3 is 15.0 Å². The van der Waals surface area contributed by atoms with Gasteiger partial charge in [-0.15, -0.1) is 11.3 Å². The van der Waals surface area contributed by atoms with Crippen LogP contribution >= 0.6 is 11.3 Å². The molecule has 11 heteroatoms. The molecule has 1 saturated heterocycles. The molecule has 0 unspecified atom stereocenters. The van der Waals surface area contributed by atoms with Gasteiger partial charge in [0.1, 0.15) is 6.73 Å². The summed E-state index contributed by atoms with van der Waals surface area (Å²) in [6.07, 6.45) is 6.73. The van der Waals surface area contributed by atoms with E-state index in [1.165, 1.54) is 0 Å². The van der Waals surface area contributed by atoms with Crippen LogP contribution in [0.25, 0.3) is 21.1 Å². The smallest absolute Gasteiger partial charge is 0.314 e. The van der Waals surface area contributed by atoms with E-state index >= 15 is 0 Å². The molecule has 1 aliphatic rings. The van der Waals surface area contributed by atoms with Crippen molar-refractivity contribution in [1.82, 2.24) is 24.6 Å². The van der Waals surface area contributed by atoms with Crippen LogP contribution in [-0.2, 0) is 21.1 Å². The highest BCUT2D eigenvalue weighted by molar-refractivity contribution is 7.18. The molecule has 4 heterocycles. The molecule has 4 aromatic rings. The average Bonchev–Trinajstić information content (AvgIpc) is 3.48. The molecule has 2 amide bonds. The molecule has 9 nitrogen and oxygen atoms in total. The molecule has 1 fully saturated rings. The number of aryl methyl sites for hydroxylation is 1. The fourth-order valence-corrected chi connectivity index (χ4v) is 6.62. The van der Waals surface area contributed by atoms with Crippen molar-refractivity contribution in [3.63, 3.8) is 0 Å². The number of nitrogens with zero attached hydrogens (tertiary/aromatic N) is 5. The topological polar surface area (TPSA) is 102 Å². The summed E-state index contributed by atoms with van der Waals surface area (Å²) in [5.74, 6) is -0.917. The minimum absolute atomic E-state index is 0.176. The molecule has 0 aliphatic carbocycles. The maximum atomic E-state index is 13.6. The largest absolute Gasteiger partial charge is 0.360 e. The number of thiazole rings is 1. The molecule has 1 aromatic carbocycles. The van der Waals surface area contributed by atoms with Crippen molar-refractivity contribution in [3.8, 4) is 0 Å². The van der Waals surface area contributed by atoms with E-state index in [0.29, 0.717) is 30.3 Å². The Morgan fingerprint density at radius 3 is 2.79 bits per heavy atom. The fourth-order valence-electron chi connectivity index (χ4n) is 5.06. The second kappa shape index (κ2) is 11.1. The van der Waals surface area contributed by atoms with Crippen molar-refractivity contribution in [3.05, 3.63) is 47.4 Å². The summed E-state index contributed by atoms with van der Waals surface area (Å²) in [7, 11) is -1.21. The summed E-state index contributed by atoms with van der Waals surface area (Å²) >= 11 is 1.65. The number of nitrogens with one attached hydrogen (secondary N) is 1. The van der Waals surface area contributed by atoms with E-state index in [-0.39, 0.29) is 12.8 Å². The molecule has 5 rings (SSSR count). The first-order chi connectivity index (χ1) is 18.6. The molecule has 0 spiro atoms. The Morgan fingerprint density at radius 2 is 2.00 bits per heavy atom. The number of amides is 2. The number of likely N-dealkylation sites (tertiary alicyclic amines) is 1. The number of piperidine rings is 1. The van der Waals surface area contributed by atoms with Crippen LogP contribution in [0, 0.1) is 12.8 Å². The number of pyridine rings is 1. The van der Waals surface area contributed by atoms with Crippen LogP contribution in [0.1, 0.15) is 36.4 Å². The molecule has 39 heavy (non-hydrogen) atoms. The summed E-state index contributed by atoms with van der Waals surface area (Å²) in [5, 5.41) is 9.04. The first-order valence-corrected chi connectivity index (χ1v) is 18.0. The van der Waals surface area contributed by atoms with Gasteiger partial charge in [-0.05, 0) is 49.4 Å². The van der Waals surface area contributed by atoms with Crippen LogP contribution in [0.5, 0.6) is 0 Å². The molecule has 1 aliphatic heterocycles. The molecule has 3 aromatic heterocycles. The third kappa shape index (κ3) is 6.20. The Bertz CT molecular complexity index is 1510. The number of benzene rings is 1. The lowest BCUT2D eigenvalue weighted by Gasteiger charge is -2.38. The minimum Gasteiger partial charge on any atom is -0.360 e. The zero-order chi connectivity index (χ0) is 27.7. The average molecular weight is 565 g/mol. The lowest BCUT2D eigenvalue weighted by molar-refractivity contribution is -0.146. The number of fused-ring (bicyclic) bond motifs is 2. The second-order valence-electron chi connectivity index (χ2n) is 11.7. The number of anilines is 1. The quantitative estimate of drug-likeness (QED) is 0.178. The van der Waals surface area contributed by atoms with Crippen LogP contribution in [0.2, 0.25) is 25.7 Å². The third-order valence-electron chi connectivity index (χ3n) is 7.17. The van der Waals surface area contributed by atoms with Gasteiger partial charge in [0, 0.05) is 32.8 Å². The van der Waals surface area contributed by atoms with Gasteiger partial charge in [0.2, 0.25) is 0 Å². The van der Waals surface area contributed by atoms with Crippen molar-refractivity contribution in [2.45, 2.75) is 65.1 Å². The third-order valence-corrected chi connectivity index (χ3v) is 9.83. The highest BCUT2D eigenvalue weighted by Gasteiger charge is 2.34. The van der Waals surface area contributed by atoms with E-state index in [2.05, 4.69) is 65.1 Å². The first-order valence-electron chi connectivity index (χ1n) is 13.5. The highest BCUT2D eigenvalue weighted by atomic mass is 32.1. The van der Waals surface area contributed by atoms with Gasteiger partial charge in [-0.1, -0.05) is 32.6 Å². The van der Waals surface area contributed by atoms with Crippen LogP contribution in [0.4, 0.5) is 5.69 Å². The molecule has 0 radical (unpaired) electrons. The first kappa shape index (κ1) is 27.4. The highest BCUT2D eigenvalue weighted by Crippen LogP contribution is 2.35. The van der Waals surface area contributed by atoms with Gasteiger partial charge in [0.25, 0.3) is 0 Å². The van der Waals surface area contributed by atoms with E-state index in [1.54, 1.807) is 39.5 Å². The molecular weight excluding hydrogens is 529 g/mol. The van der Waals surface area contributed by atoms with E-state index in [9.17, 15) is 9.59 Å². The summed E-state index contributed by atoms with van der Waals surface area (Å²) in [5.41, 5.74) is 3.08. The van der Waals surface area contributed by atoms with Crippen LogP contribution in [-0.4, -0.2) is 57.7 Å². The fraction of sp³-hybridized carbons (Fsp3) is 0.464. The predicted octanol–water partition coefficient (Wildman–Crippen LogP) is 5.60. The van der Waals surface area contributed by atoms with Crippen molar-refractivity contribution < 1.29 is 14.3 Å². The molecule has 1 N–H and O–H groups in total. The number of hydrogen-bond donors (Lipinski definition) is 1. The monoisotopic (exact) mass is 564 g/mol. The number of rotatable bonds is 7. The second-order valence-corrected chi connectivity index (χ2v) is 18.5. The van der Waals surface area contributed by atoms with E-state index < -0.39 is 19.9 Å². The lowest BCUT2D eigenvalue weighted by atomic mass is 9.89. The van der Waals surface area contributed by atoms with Gasteiger partial charge in [0.05, 0.1) is 44.9 Å². The van der Waals surface area contributed by atoms with E-state index in [1.807, 2.05) is 6.92 Å². The van der Waals surface area contributed by atoms with Gasteiger partial charge in [-0.25, -0.2) is 9.67 Å². The number of aromatic nitrogens is 4. The zero-order valence-corrected chi connectivity index (χ0v) is 25.0. The molecular formula is C28H36N6O3SSi. The summed E-state index contributed by atoms with van der Waals surface area (Å²) in [6, 6.07) is 7.06. The summed E-state index contributed by atoms with van der Waals surface area (Å²) in [6.45, 7) is 12.5. The Hall–Kier alpha value is -3.15. The van der Waals surface area contributed by atoms with E-state index in [0.717, 1.165) is 45.1 Å². The predicted molar refractivity (Wildman–Crippen MR) is 157 cm³/mol. The number of carbonyl (C=O) groups excluding carboxylic acids is 2. The van der Waals surface area contributed by atoms with Crippen LogP contribution in [0.3, 0.4) is 0 Å². The Morgan fingerprint density at radius 1 is 1.18 bits per heavy atom. The van der Waals surface area contributed by atoms with Crippen LogP contribution in [0.15, 0.2) is 36.8 Å². The minimum atomic E-state index is -1.21. The summed E-state index contributed by atoms with van der Waals surface area (Å²) < 4.78 is 8.72. The Labute approximate surface area is 233 Å². The standard InChI is InChI=1S/C28H36N6O3SSi/c1-18-6-8-24(20-7-9-25-22(12-20)31-19(2)38-25)33(16-18)28(36)27(35)32-23-15-29-13-21-14-30-34(26(21)23)17-37-10-11-39(3,4)5/h7,9,12-15,18,24H,6,8,10-11,16-17H2,1-5H3,(H,32,35)/t18-,24+/m0/s1. The molecule has 0 bridgehead atoms. The maximum Gasteiger partial charge on any atom is 0.314 e. The molecule has 206 valence electrons. The maximum absolute atomic E-state index is 13.6. The normalized spacial score (nSPS) is 18.1. The van der Waals surface area contributed by atoms with Crippen molar-refractivity contribution in [2.75, 3.05) is 18.5 Å². The van der Waals surface area contributed by atoms with Crippen molar-refractivity contribution in [2.24, 2.45) is 5.92 Å². The van der Waals surface area contributed by atoms with Gasteiger partial charge in [-0.3, -0.25) is 14.6 Å². The lowest BCUT2D eigenvalue weighted by Crippen LogP contribution is -2.46.